The molecule has 0 spiro atoms. The fourth-order valence-corrected chi connectivity index (χ4v) is 6.59. The number of hydrogen-bond acceptors (Lipinski definition) is 6. The first kappa shape index (κ1) is 20.0. The first-order valence-electron chi connectivity index (χ1n) is 9.83. The Balaban J connectivity index is 2.06. The monoisotopic (exact) mass is 378 g/mol. The number of ketones is 2. The third-order valence-corrected chi connectivity index (χ3v) is 7.30. The van der Waals surface area contributed by atoms with Gasteiger partial charge in [-0.25, -0.2) is 0 Å². The lowest BCUT2D eigenvalue weighted by molar-refractivity contribution is -0.192. The molecule has 7 atom stereocenters. The minimum atomic E-state index is -1.13. The molecule has 150 valence electrons. The molecule has 0 heterocycles. The van der Waals surface area contributed by atoms with Gasteiger partial charge < -0.3 is 9.47 Å². The van der Waals surface area contributed by atoms with Gasteiger partial charge in [-0.2, -0.15) is 0 Å². The van der Waals surface area contributed by atoms with E-state index in [1.807, 2.05) is 6.92 Å². The van der Waals surface area contributed by atoms with Crippen LogP contribution >= 0.6 is 0 Å². The van der Waals surface area contributed by atoms with Gasteiger partial charge in [-0.15, -0.1) is 0 Å². The van der Waals surface area contributed by atoms with Crippen LogP contribution in [0.15, 0.2) is 0 Å². The number of esters is 2. The van der Waals surface area contributed by atoms with Crippen molar-refractivity contribution in [2.45, 2.75) is 65.9 Å². The van der Waals surface area contributed by atoms with Crippen LogP contribution in [-0.4, -0.2) is 36.7 Å². The van der Waals surface area contributed by atoms with Crippen LogP contribution in [0.2, 0.25) is 0 Å². The molecule has 0 radical (unpaired) electrons. The van der Waals surface area contributed by atoms with E-state index in [1.54, 1.807) is 6.92 Å². The Morgan fingerprint density at radius 3 is 2.37 bits per heavy atom. The van der Waals surface area contributed by atoms with Crippen LogP contribution < -0.4 is 0 Å². The molecular formula is C21H30O6. The molecular weight excluding hydrogens is 348 g/mol. The van der Waals surface area contributed by atoms with Gasteiger partial charge in [0.1, 0.15) is 17.7 Å². The Hall–Kier alpha value is -1.72. The van der Waals surface area contributed by atoms with Crippen LogP contribution in [0.5, 0.6) is 0 Å². The predicted octanol–water partition coefficient (Wildman–Crippen LogP) is 2.72. The molecule has 3 aliphatic rings. The van der Waals surface area contributed by atoms with Crippen molar-refractivity contribution in [2.75, 3.05) is 7.11 Å². The van der Waals surface area contributed by atoms with Crippen LogP contribution in [0, 0.1) is 34.5 Å². The number of methoxy groups -OCH3 is 1. The summed E-state index contributed by atoms with van der Waals surface area (Å²) in [5.74, 6) is -1.09. The minimum Gasteiger partial charge on any atom is -0.469 e. The molecule has 5 unspecified atom stereocenters. The standard InChI is InChI=1S/C21H30O6/c1-11-6-15-14(17(7-11)27-12(2)22)8-16(24)18-20(15,3)9-13(23)10-21(18,4)19(25)26-5/h11,14-15,17-18H,6-10H2,1-5H3/t11?,14-,15?,17?,18?,20?,21+/m0/s1. The summed E-state index contributed by atoms with van der Waals surface area (Å²) >= 11 is 0. The highest BCUT2D eigenvalue weighted by Crippen LogP contribution is 2.62. The van der Waals surface area contributed by atoms with E-state index in [-0.39, 0.29) is 54.7 Å². The number of carbonyl (C=O) groups excluding carboxylic acids is 4. The largest absolute Gasteiger partial charge is 0.469 e. The summed E-state index contributed by atoms with van der Waals surface area (Å²) in [6.45, 7) is 7.19. The normalized spacial score (nSPS) is 44.1. The Morgan fingerprint density at radius 2 is 1.78 bits per heavy atom. The maximum atomic E-state index is 13.3. The maximum absolute atomic E-state index is 13.3. The van der Waals surface area contributed by atoms with Crippen LogP contribution in [0.3, 0.4) is 0 Å². The first-order chi connectivity index (χ1) is 12.5. The number of rotatable bonds is 2. The number of hydrogen-bond donors (Lipinski definition) is 0. The Morgan fingerprint density at radius 1 is 1.11 bits per heavy atom. The fourth-order valence-electron chi connectivity index (χ4n) is 6.59. The first-order valence-corrected chi connectivity index (χ1v) is 9.83. The van der Waals surface area contributed by atoms with E-state index < -0.39 is 22.7 Å². The molecule has 0 bridgehead atoms. The van der Waals surface area contributed by atoms with E-state index in [9.17, 15) is 19.2 Å². The quantitative estimate of drug-likeness (QED) is 0.687. The molecule has 3 fully saturated rings. The molecule has 6 heteroatoms. The second-order valence-corrected chi connectivity index (χ2v) is 9.41. The highest BCUT2D eigenvalue weighted by molar-refractivity contribution is 5.97. The van der Waals surface area contributed by atoms with Gasteiger partial charge in [0.2, 0.25) is 0 Å². The summed E-state index contributed by atoms with van der Waals surface area (Å²) in [6, 6.07) is 0. The summed E-state index contributed by atoms with van der Waals surface area (Å²) in [4.78, 5) is 50.2. The van der Waals surface area contributed by atoms with E-state index in [4.69, 9.17) is 9.47 Å². The van der Waals surface area contributed by atoms with E-state index >= 15 is 0 Å². The molecule has 3 aliphatic carbocycles. The van der Waals surface area contributed by atoms with E-state index in [1.165, 1.54) is 14.0 Å². The summed E-state index contributed by atoms with van der Waals surface area (Å²) in [5, 5.41) is 0. The topological polar surface area (TPSA) is 86.7 Å². The molecule has 0 aliphatic heterocycles. The van der Waals surface area contributed by atoms with Crippen molar-refractivity contribution in [3.05, 3.63) is 0 Å². The third-order valence-electron chi connectivity index (χ3n) is 7.30. The van der Waals surface area contributed by atoms with Crippen molar-refractivity contribution < 1.29 is 28.7 Å². The zero-order valence-electron chi connectivity index (χ0n) is 16.9. The number of carbonyl (C=O) groups is 4. The second-order valence-electron chi connectivity index (χ2n) is 9.41. The molecule has 6 nitrogen and oxygen atoms in total. The van der Waals surface area contributed by atoms with Crippen LogP contribution in [0.1, 0.15) is 59.8 Å². The van der Waals surface area contributed by atoms with Crippen molar-refractivity contribution in [1.82, 2.24) is 0 Å². The van der Waals surface area contributed by atoms with Gasteiger partial charge >= 0.3 is 11.9 Å². The van der Waals surface area contributed by atoms with Gasteiger partial charge in [-0.1, -0.05) is 13.8 Å². The zero-order valence-corrected chi connectivity index (χ0v) is 16.9. The van der Waals surface area contributed by atoms with Crippen molar-refractivity contribution in [2.24, 2.45) is 34.5 Å². The van der Waals surface area contributed by atoms with Gasteiger partial charge in [0.15, 0.2) is 0 Å². The lowest BCUT2D eigenvalue weighted by atomic mass is 9.43. The van der Waals surface area contributed by atoms with Crippen molar-refractivity contribution in [1.29, 1.82) is 0 Å². The highest BCUT2D eigenvalue weighted by Gasteiger charge is 2.66. The molecule has 3 rings (SSSR count). The summed E-state index contributed by atoms with van der Waals surface area (Å²) in [7, 11) is 1.31. The number of ether oxygens (including phenoxy) is 2. The van der Waals surface area contributed by atoms with Crippen molar-refractivity contribution >= 4 is 23.5 Å². The Bertz CT molecular complexity index is 684. The molecule has 0 aromatic rings. The van der Waals surface area contributed by atoms with Gasteiger partial charge in [0.25, 0.3) is 0 Å². The number of fused-ring (bicyclic) bond motifs is 3. The maximum Gasteiger partial charge on any atom is 0.312 e. The summed E-state index contributed by atoms with van der Waals surface area (Å²) in [5.41, 5.74) is -1.75. The average molecular weight is 378 g/mol. The smallest absolute Gasteiger partial charge is 0.312 e. The van der Waals surface area contributed by atoms with Crippen LogP contribution in [-0.2, 0) is 28.7 Å². The molecule has 27 heavy (non-hydrogen) atoms. The summed E-state index contributed by atoms with van der Waals surface area (Å²) in [6.07, 6.45) is 1.92. The van der Waals surface area contributed by atoms with E-state index in [2.05, 4.69) is 6.92 Å². The van der Waals surface area contributed by atoms with Crippen LogP contribution in [0.25, 0.3) is 0 Å². The molecule has 0 aromatic carbocycles. The molecule has 0 saturated heterocycles. The van der Waals surface area contributed by atoms with Crippen LogP contribution in [0.4, 0.5) is 0 Å². The lowest BCUT2D eigenvalue weighted by Crippen LogP contribution is -2.63. The predicted molar refractivity (Wildman–Crippen MR) is 96.5 cm³/mol. The van der Waals surface area contributed by atoms with E-state index in [0.29, 0.717) is 5.92 Å². The second kappa shape index (κ2) is 6.71. The highest BCUT2D eigenvalue weighted by atomic mass is 16.5. The van der Waals surface area contributed by atoms with Gasteiger partial charge in [0.05, 0.1) is 12.5 Å². The fraction of sp³-hybridized carbons (Fsp3) is 0.810. The van der Waals surface area contributed by atoms with Gasteiger partial charge in [-0.3, -0.25) is 19.2 Å². The SMILES string of the molecule is COC(=O)[C@]1(C)CC(=O)CC2(C)C3CC(C)CC(OC(C)=O)[C@H]3CC(=O)C21. The zero-order chi connectivity index (χ0) is 20.1. The third kappa shape index (κ3) is 3.11. The molecule has 0 amide bonds. The minimum absolute atomic E-state index is 0.00244. The van der Waals surface area contributed by atoms with Crippen molar-refractivity contribution in [3.8, 4) is 0 Å². The van der Waals surface area contributed by atoms with E-state index in [0.717, 1.165) is 12.8 Å². The lowest BCUT2D eigenvalue weighted by Gasteiger charge is -2.60. The number of Topliss-reactive ketones (excluding diaryl/α,β-unsaturated/α-hetero) is 2. The van der Waals surface area contributed by atoms with Gasteiger partial charge in [-0.05, 0) is 37.0 Å². The Kier molecular flexibility index (Phi) is 4.98. The molecule has 0 N–H and O–H groups in total. The molecule has 0 aromatic heterocycles. The average Bonchev–Trinajstić information content (AvgIpc) is 2.53. The van der Waals surface area contributed by atoms with Crippen molar-refractivity contribution in [3.63, 3.8) is 0 Å². The molecule has 3 saturated carbocycles. The Labute approximate surface area is 160 Å². The summed E-state index contributed by atoms with van der Waals surface area (Å²) < 4.78 is 10.6. The van der Waals surface area contributed by atoms with Gasteiger partial charge in [0, 0.05) is 38.0 Å².